The smallest absolute Gasteiger partial charge is 0.274 e. The van der Waals surface area contributed by atoms with E-state index in [1.165, 1.54) is 25.7 Å². The van der Waals surface area contributed by atoms with Crippen LogP contribution in [0, 0.1) is 5.92 Å². The monoisotopic (exact) mass is 285 g/mol. The second-order valence-corrected chi connectivity index (χ2v) is 6.18. The van der Waals surface area contributed by atoms with Gasteiger partial charge in [0.1, 0.15) is 0 Å². The summed E-state index contributed by atoms with van der Waals surface area (Å²) in [6, 6.07) is 8.22. The molecule has 0 spiro atoms. The Hall–Kier alpha value is -1.68. The van der Waals surface area contributed by atoms with Crippen LogP contribution in [0.25, 0.3) is 10.8 Å². The van der Waals surface area contributed by atoms with E-state index in [0.717, 1.165) is 23.2 Å². The molecule has 1 N–H and O–H groups in total. The highest BCUT2D eigenvalue weighted by Gasteiger charge is 2.17. The Labute approximate surface area is 125 Å². The molecule has 1 aliphatic rings. The first-order valence-electron chi connectivity index (χ1n) is 7.92. The molecule has 0 aliphatic heterocycles. The number of benzene rings is 1. The van der Waals surface area contributed by atoms with Crippen LogP contribution in [-0.4, -0.2) is 22.4 Å². The molecule has 21 heavy (non-hydrogen) atoms. The summed E-state index contributed by atoms with van der Waals surface area (Å²) in [6.45, 7) is 3.76. The van der Waals surface area contributed by atoms with Gasteiger partial charge in [0.2, 0.25) is 0 Å². The Kier molecular flexibility index (Phi) is 4.34. The fourth-order valence-electron chi connectivity index (χ4n) is 3.28. The van der Waals surface area contributed by atoms with Crippen LogP contribution in [0.15, 0.2) is 35.3 Å². The van der Waals surface area contributed by atoms with Crippen molar-refractivity contribution in [1.29, 1.82) is 0 Å². The SMILES string of the molecule is CC1CCCC(NCCn2ncc3ccccc3c2=O)C1. The molecule has 1 fully saturated rings. The number of aromatic nitrogens is 2. The first kappa shape index (κ1) is 14.3. The summed E-state index contributed by atoms with van der Waals surface area (Å²) in [5, 5.41) is 9.50. The molecular formula is C17H23N3O. The van der Waals surface area contributed by atoms with Crippen molar-refractivity contribution >= 4 is 10.8 Å². The highest BCUT2D eigenvalue weighted by molar-refractivity contribution is 5.80. The van der Waals surface area contributed by atoms with Gasteiger partial charge < -0.3 is 5.32 Å². The van der Waals surface area contributed by atoms with E-state index in [-0.39, 0.29) is 5.56 Å². The Bertz CT molecular complexity index is 664. The molecule has 3 rings (SSSR count). The van der Waals surface area contributed by atoms with E-state index in [9.17, 15) is 4.79 Å². The molecule has 0 radical (unpaired) electrons. The van der Waals surface area contributed by atoms with Crippen molar-refractivity contribution in [3.8, 4) is 0 Å². The van der Waals surface area contributed by atoms with Gasteiger partial charge in [0.15, 0.2) is 0 Å². The molecule has 0 saturated heterocycles. The van der Waals surface area contributed by atoms with E-state index in [1.54, 1.807) is 10.9 Å². The van der Waals surface area contributed by atoms with Gasteiger partial charge in [-0.05, 0) is 24.8 Å². The first-order valence-corrected chi connectivity index (χ1v) is 7.92. The lowest BCUT2D eigenvalue weighted by molar-refractivity contribution is 0.297. The second-order valence-electron chi connectivity index (χ2n) is 6.18. The van der Waals surface area contributed by atoms with E-state index in [1.807, 2.05) is 24.3 Å². The number of nitrogens with one attached hydrogen (secondary N) is 1. The predicted octanol–water partition coefficient (Wildman–Crippen LogP) is 2.56. The topological polar surface area (TPSA) is 46.9 Å². The van der Waals surface area contributed by atoms with E-state index in [2.05, 4.69) is 17.3 Å². The van der Waals surface area contributed by atoms with Crippen LogP contribution in [0.1, 0.15) is 32.6 Å². The Morgan fingerprint density at radius 2 is 2.19 bits per heavy atom. The Morgan fingerprint density at radius 1 is 1.33 bits per heavy atom. The molecule has 1 heterocycles. The van der Waals surface area contributed by atoms with Crippen LogP contribution < -0.4 is 10.9 Å². The Balaban J connectivity index is 1.63. The number of hydrogen-bond donors (Lipinski definition) is 1. The summed E-state index contributed by atoms with van der Waals surface area (Å²) in [5.41, 5.74) is 0.00640. The molecule has 2 unspecified atom stereocenters. The zero-order valence-corrected chi connectivity index (χ0v) is 12.6. The van der Waals surface area contributed by atoms with Crippen molar-refractivity contribution in [1.82, 2.24) is 15.1 Å². The van der Waals surface area contributed by atoms with Gasteiger partial charge in [0.25, 0.3) is 5.56 Å². The number of nitrogens with zero attached hydrogens (tertiary/aromatic N) is 2. The van der Waals surface area contributed by atoms with E-state index >= 15 is 0 Å². The summed E-state index contributed by atoms with van der Waals surface area (Å²) in [4.78, 5) is 12.3. The van der Waals surface area contributed by atoms with E-state index in [0.29, 0.717) is 12.6 Å². The van der Waals surface area contributed by atoms with Crippen molar-refractivity contribution in [3.05, 3.63) is 40.8 Å². The predicted molar refractivity (Wildman–Crippen MR) is 85.4 cm³/mol. The van der Waals surface area contributed by atoms with Crippen LogP contribution in [0.5, 0.6) is 0 Å². The molecule has 0 amide bonds. The van der Waals surface area contributed by atoms with Crippen molar-refractivity contribution in [2.75, 3.05) is 6.54 Å². The fraction of sp³-hybridized carbons (Fsp3) is 0.529. The first-order chi connectivity index (χ1) is 10.2. The average Bonchev–Trinajstić information content (AvgIpc) is 2.50. The molecule has 1 aromatic carbocycles. The third-order valence-electron chi connectivity index (χ3n) is 4.45. The van der Waals surface area contributed by atoms with Gasteiger partial charge in [-0.2, -0.15) is 5.10 Å². The molecule has 0 bridgehead atoms. The second kappa shape index (κ2) is 6.39. The lowest BCUT2D eigenvalue weighted by Gasteiger charge is -2.27. The van der Waals surface area contributed by atoms with Crippen LogP contribution in [0.4, 0.5) is 0 Å². The van der Waals surface area contributed by atoms with E-state index < -0.39 is 0 Å². The van der Waals surface area contributed by atoms with Gasteiger partial charge in [-0.25, -0.2) is 4.68 Å². The fourth-order valence-corrected chi connectivity index (χ4v) is 3.28. The van der Waals surface area contributed by atoms with Crippen LogP contribution in [-0.2, 0) is 6.54 Å². The number of rotatable bonds is 4. The van der Waals surface area contributed by atoms with Gasteiger partial charge in [0, 0.05) is 18.0 Å². The lowest BCUT2D eigenvalue weighted by Crippen LogP contribution is -2.37. The van der Waals surface area contributed by atoms with Crippen molar-refractivity contribution in [2.24, 2.45) is 5.92 Å². The Morgan fingerprint density at radius 3 is 3.05 bits per heavy atom. The van der Waals surface area contributed by atoms with Gasteiger partial charge in [-0.3, -0.25) is 4.79 Å². The van der Waals surface area contributed by atoms with E-state index in [4.69, 9.17) is 0 Å². The van der Waals surface area contributed by atoms with Gasteiger partial charge >= 0.3 is 0 Å². The highest BCUT2D eigenvalue weighted by Crippen LogP contribution is 2.23. The van der Waals surface area contributed by atoms with Crippen molar-refractivity contribution in [2.45, 2.75) is 45.2 Å². The normalized spacial score (nSPS) is 22.5. The molecule has 2 aromatic rings. The summed E-state index contributed by atoms with van der Waals surface area (Å²) < 4.78 is 1.57. The zero-order chi connectivity index (χ0) is 14.7. The highest BCUT2D eigenvalue weighted by atomic mass is 16.1. The van der Waals surface area contributed by atoms with Crippen molar-refractivity contribution in [3.63, 3.8) is 0 Å². The van der Waals surface area contributed by atoms with Gasteiger partial charge in [0.05, 0.1) is 18.1 Å². The third kappa shape index (κ3) is 3.32. The summed E-state index contributed by atoms with van der Waals surface area (Å²) >= 11 is 0. The third-order valence-corrected chi connectivity index (χ3v) is 4.45. The zero-order valence-electron chi connectivity index (χ0n) is 12.6. The quantitative estimate of drug-likeness (QED) is 0.939. The molecule has 1 aliphatic carbocycles. The molecule has 1 saturated carbocycles. The molecule has 2 atom stereocenters. The summed E-state index contributed by atoms with van der Waals surface area (Å²) in [5.74, 6) is 0.817. The standard InChI is InChI=1S/C17H23N3O/c1-13-5-4-7-15(11-13)18-9-10-20-17(21)16-8-3-2-6-14(16)12-19-20/h2-3,6,8,12-13,15,18H,4-5,7,9-11H2,1H3. The average molecular weight is 285 g/mol. The summed E-state index contributed by atoms with van der Waals surface area (Å²) in [6.07, 6.45) is 6.95. The lowest BCUT2D eigenvalue weighted by atomic mass is 9.87. The number of hydrogen-bond acceptors (Lipinski definition) is 3. The summed E-state index contributed by atoms with van der Waals surface area (Å²) in [7, 11) is 0. The molecule has 4 heteroatoms. The molecule has 1 aromatic heterocycles. The minimum Gasteiger partial charge on any atom is -0.312 e. The van der Waals surface area contributed by atoms with Gasteiger partial charge in [-0.15, -0.1) is 0 Å². The maximum Gasteiger partial charge on any atom is 0.274 e. The van der Waals surface area contributed by atoms with Crippen LogP contribution in [0.2, 0.25) is 0 Å². The van der Waals surface area contributed by atoms with Crippen molar-refractivity contribution < 1.29 is 0 Å². The molecular weight excluding hydrogens is 262 g/mol. The van der Waals surface area contributed by atoms with Crippen LogP contribution >= 0.6 is 0 Å². The minimum atomic E-state index is 0.00640. The maximum atomic E-state index is 12.3. The van der Waals surface area contributed by atoms with Crippen LogP contribution in [0.3, 0.4) is 0 Å². The number of fused-ring (bicyclic) bond motifs is 1. The largest absolute Gasteiger partial charge is 0.312 e. The maximum absolute atomic E-state index is 12.3. The molecule has 4 nitrogen and oxygen atoms in total. The molecule has 112 valence electrons. The minimum absolute atomic E-state index is 0.00640. The van der Waals surface area contributed by atoms with Gasteiger partial charge in [-0.1, -0.05) is 38.0 Å².